The van der Waals surface area contributed by atoms with E-state index in [1.54, 1.807) is 49.4 Å². The van der Waals surface area contributed by atoms with E-state index >= 15 is 0 Å². The van der Waals surface area contributed by atoms with Gasteiger partial charge in [-0.05, 0) is 55.5 Å². The highest BCUT2D eigenvalue weighted by atomic mass is 16.5. The second kappa shape index (κ2) is 6.45. The van der Waals surface area contributed by atoms with Gasteiger partial charge in [0.2, 0.25) is 0 Å². The number of anilines is 1. The number of carbonyl (C=O) groups is 3. The fourth-order valence-electron chi connectivity index (χ4n) is 2.77. The van der Waals surface area contributed by atoms with Crippen molar-refractivity contribution >= 4 is 23.4 Å². The first-order valence-corrected chi connectivity index (χ1v) is 8.14. The van der Waals surface area contributed by atoms with Crippen LogP contribution in [0.1, 0.15) is 36.8 Å². The van der Waals surface area contributed by atoms with Crippen LogP contribution >= 0.6 is 0 Å². The third-order valence-electron chi connectivity index (χ3n) is 4.16. The van der Waals surface area contributed by atoms with Crippen LogP contribution < -0.4 is 15.4 Å². The van der Waals surface area contributed by atoms with Gasteiger partial charge in [-0.25, -0.2) is 0 Å². The lowest BCUT2D eigenvalue weighted by Gasteiger charge is -2.08. The van der Waals surface area contributed by atoms with Gasteiger partial charge in [0.05, 0.1) is 23.0 Å². The molecular weight excluding hydrogens is 348 g/mol. The van der Waals surface area contributed by atoms with Gasteiger partial charge in [-0.3, -0.25) is 19.7 Å². The molecule has 0 spiro atoms. The molecule has 0 atom stereocenters. The summed E-state index contributed by atoms with van der Waals surface area (Å²) in [7, 11) is 0. The van der Waals surface area contributed by atoms with Gasteiger partial charge >= 0.3 is 0 Å². The third kappa shape index (κ3) is 3.18. The maximum absolute atomic E-state index is 12.2. The normalized spacial score (nSPS) is 12.5. The smallest absolute Gasteiger partial charge is 0.259 e. The van der Waals surface area contributed by atoms with Gasteiger partial charge in [-0.2, -0.15) is 0 Å². The zero-order chi connectivity index (χ0) is 19.0. The first-order chi connectivity index (χ1) is 13.0. The number of imide groups is 1. The summed E-state index contributed by atoms with van der Waals surface area (Å²) in [5, 5.41) is 5.01. The molecule has 2 N–H and O–H groups in total. The van der Waals surface area contributed by atoms with Gasteiger partial charge in [0.1, 0.15) is 17.3 Å². The van der Waals surface area contributed by atoms with Crippen molar-refractivity contribution in [1.82, 2.24) is 5.32 Å². The summed E-state index contributed by atoms with van der Waals surface area (Å²) in [6.07, 6.45) is 1.46. The molecule has 2 aromatic carbocycles. The van der Waals surface area contributed by atoms with E-state index in [2.05, 4.69) is 10.6 Å². The van der Waals surface area contributed by atoms with Gasteiger partial charge in [0.15, 0.2) is 0 Å². The average molecular weight is 362 g/mol. The van der Waals surface area contributed by atoms with E-state index in [4.69, 9.17) is 9.15 Å². The molecule has 7 heteroatoms. The van der Waals surface area contributed by atoms with Crippen LogP contribution in [0.2, 0.25) is 0 Å². The summed E-state index contributed by atoms with van der Waals surface area (Å²) in [5.74, 6) is 0.403. The van der Waals surface area contributed by atoms with Crippen LogP contribution in [0, 0.1) is 6.92 Å². The molecule has 7 nitrogen and oxygen atoms in total. The molecule has 0 unspecified atom stereocenters. The molecule has 3 amide bonds. The number of hydrogen-bond donors (Lipinski definition) is 2. The highest BCUT2D eigenvalue weighted by molar-refractivity contribution is 6.21. The molecule has 0 bridgehead atoms. The average Bonchev–Trinajstić information content (AvgIpc) is 3.20. The molecule has 27 heavy (non-hydrogen) atoms. The Bertz CT molecular complexity index is 1070. The van der Waals surface area contributed by atoms with Crippen molar-refractivity contribution in [3.8, 4) is 11.5 Å². The van der Waals surface area contributed by atoms with E-state index in [0.717, 1.165) is 0 Å². The molecule has 0 saturated carbocycles. The molecule has 0 radical (unpaired) electrons. The summed E-state index contributed by atoms with van der Waals surface area (Å²) in [4.78, 5) is 35.4. The number of rotatable bonds is 4. The minimum atomic E-state index is -0.437. The second-order valence-electron chi connectivity index (χ2n) is 5.96. The largest absolute Gasteiger partial charge is 0.469 e. The zero-order valence-corrected chi connectivity index (χ0v) is 14.2. The Balaban J connectivity index is 1.46. The lowest BCUT2D eigenvalue weighted by molar-refractivity contribution is 0.0878. The number of aryl methyl sites for hydroxylation is 1. The number of amides is 3. The first-order valence-electron chi connectivity index (χ1n) is 8.14. The summed E-state index contributed by atoms with van der Waals surface area (Å²) >= 11 is 0. The Morgan fingerprint density at radius 1 is 0.963 bits per heavy atom. The van der Waals surface area contributed by atoms with Crippen LogP contribution in [-0.4, -0.2) is 17.7 Å². The maximum atomic E-state index is 12.2. The standard InChI is InChI=1S/C20H14N2O5/c1-11-15(8-9-26-11)18(23)21-12-2-4-13(5-3-12)27-14-6-7-16-17(10-14)20(25)22-19(16)24/h2-10H,1H3,(H,21,23)(H,22,24,25). The Hall–Kier alpha value is -3.87. The van der Waals surface area contributed by atoms with Gasteiger partial charge in [-0.15, -0.1) is 0 Å². The maximum Gasteiger partial charge on any atom is 0.259 e. The van der Waals surface area contributed by atoms with Gasteiger partial charge in [0.25, 0.3) is 17.7 Å². The fourth-order valence-corrected chi connectivity index (χ4v) is 2.77. The molecule has 134 valence electrons. The van der Waals surface area contributed by atoms with Crippen LogP contribution in [0.3, 0.4) is 0 Å². The van der Waals surface area contributed by atoms with Crippen molar-refractivity contribution in [2.24, 2.45) is 0 Å². The van der Waals surface area contributed by atoms with Gasteiger partial charge in [0, 0.05) is 5.69 Å². The number of ether oxygens (including phenoxy) is 1. The van der Waals surface area contributed by atoms with Crippen molar-refractivity contribution in [3.05, 3.63) is 77.2 Å². The van der Waals surface area contributed by atoms with Gasteiger partial charge < -0.3 is 14.5 Å². The SMILES string of the molecule is Cc1occc1C(=O)Nc1ccc(Oc2ccc3c(c2)C(=O)NC3=O)cc1. The molecular formula is C20H14N2O5. The molecule has 1 aromatic heterocycles. The van der Waals surface area contributed by atoms with Crippen LogP contribution in [0.4, 0.5) is 5.69 Å². The Kier molecular flexibility index (Phi) is 3.97. The lowest BCUT2D eigenvalue weighted by Crippen LogP contribution is -2.19. The van der Waals surface area contributed by atoms with Crippen LogP contribution in [0.25, 0.3) is 0 Å². The van der Waals surface area contributed by atoms with Gasteiger partial charge in [-0.1, -0.05) is 0 Å². The van der Waals surface area contributed by atoms with E-state index in [1.165, 1.54) is 12.3 Å². The van der Waals surface area contributed by atoms with E-state index in [0.29, 0.717) is 34.1 Å². The predicted octanol–water partition coefficient (Wildman–Crippen LogP) is 3.52. The molecule has 0 fully saturated rings. The number of fused-ring (bicyclic) bond motifs is 1. The molecule has 4 rings (SSSR count). The van der Waals surface area contributed by atoms with Crippen molar-refractivity contribution < 1.29 is 23.5 Å². The fraction of sp³-hybridized carbons (Fsp3) is 0.0500. The summed E-state index contributed by atoms with van der Waals surface area (Å²) in [6, 6.07) is 13.1. The molecule has 1 aliphatic heterocycles. The summed E-state index contributed by atoms with van der Waals surface area (Å²) < 4.78 is 10.8. The first kappa shape index (κ1) is 16.6. The molecule has 3 aromatic rings. The van der Waals surface area contributed by atoms with E-state index in [-0.39, 0.29) is 11.5 Å². The Morgan fingerprint density at radius 2 is 1.67 bits per heavy atom. The van der Waals surface area contributed by atoms with Crippen molar-refractivity contribution in [2.75, 3.05) is 5.32 Å². The summed E-state index contributed by atoms with van der Waals surface area (Å²) in [6.45, 7) is 1.72. The van der Waals surface area contributed by atoms with E-state index in [9.17, 15) is 14.4 Å². The van der Waals surface area contributed by atoms with E-state index in [1.807, 2.05) is 0 Å². The summed E-state index contributed by atoms with van der Waals surface area (Å²) in [5.41, 5.74) is 1.70. The van der Waals surface area contributed by atoms with Crippen LogP contribution in [0.5, 0.6) is 11.5 Å². The predicted molar refractivity (Wildman–Crippen MR) is 96.2 cm³/mol. The quantitative estimate of drug-likeness (QED) is 0.692. The molecule has 1 aliphatic rings. The van der Waals surface area contributed by atoms with Crippen molar-refractivity contribution in [2.45, 2.75) is 6.92 Å². The Morgan fingerprint density at radius 3 is 2.37 bits per heavy atom. The van der Waals surface area contributed by atoms with Crippen molar-refractivity contribution in [3.63, 3.8) is 0 Å². The van der Waals surface area contributed by atoms with Crippen molar-refractivity contribution in [1.29, 1.82) is 0 Å². The molecule has 0 saturated heterocycles. The number of furan rings is 1. The highest BCUT2D eigenvalue weighted by Crippen LogP contribution is 2.27. The van der Waals surface area contributed by atoms with Crippen LogP contribution in [0.15, 0.2) is 59.2 Å². The third-order valence-corrected chi connectivity index (χ3v) is 4.16. The monoisotopic (exact) mass is 362 g/mol. The zero-order valence-electron chi connectivity index (χ0n) is 14.2. The molecule has 0 aliphatic carbocycles. The second-order valence-corrected chi connectivity index (χ2v) is 5.96. The topological polar surface area (TPSA) is 97.6 Å². The number of benzene rings is 2. The Labute approximate surface area is 153 Å². The minimum Gasteiger partial charge on any atom is -0.469 e. The molecule has 2 heterocycles. The lowest BCUT2D eigenvalue weighted by atomic mass is 10.1. The number of carbonyl (C=O) groups excluding carboxylic acids is 3. The minimum absolute atomic E-state index is 0.260. The number of hydrogen-bond acceptors (Lipinski definition) is 5. The van der Waals surface area contributed by atoms with E-state index < -0.39 is 11.8 Å². The van der Waals surface area contributed by atoms with Crippen LogP contribution in [-0.2, 0) is 0 Å². The highest BCUT2D eigenvalue weighted by Gasteiger charge is 2.26. The number of nitrogens with one attached hydrogen (secondary N) is 2.